The van der Waals surface area contributed by atoms with Crippen LogP contribution in [-0.4, -0.2) is 43.5 Å². The fraction of sp³-hybridized carbons (Fsp3) is 0.333. The lowest BCUT2D eigenvalue weighted by atomic mass is 10.0. The highest BCUT2D eigenvalue weighted by Crippen LogP contribution is 2.35. The molecule has 0 unspecified atom stereocenters. The molecular formula is C24H27N3O3. The molecule has 0 bridgehead atoms. The molecule has 0 atom stereocenters. The van der Waals surface area contributed by atoms with Crippen LogP contribution < -0.4 is 15.0 Å². The van der Waals surface area contributed by atoms with Gasteiger partial charge in [-0.05, 0) is 49.6 Å². The number of carbonyl (C=O) groups is 2. The molecule has 30 heavy (non-hydrogen) atoms. The smallest absolute Gasteiger partial charge is 0.278 e. The second-order valence-electron chi connectivity index (χ2n) is 7.58. The first-order valence-corrected chi connectivity index (χ1v) is 10.5. The van der Waals surface area contributed by atoms with E-state index in [4.69, 9.17) is 4.74 Å². The molecule has 2 aliphatic heterocycles. The fourth-order valence-electron chi connectivity index (χ4n) is 4.09. The Labute approximate surface area is 177 Å². The summed E-state index contributed by atoms with van der Waals surface area (Å²) in [4.78, 5) is 29.9. The molecule has 4 rings (SSSR count). The van der Waals surface area contributed by atoms with Crippen LogP contribution >= 0.6 is 0 Å². The van der Waals surface area contributed by atoms with Gasteiger partial charge in [0.05, 0.1) is 12.7 Å². The third-order valence-corrected chi connectivity index (χ3v) is 5.60. The third-order valence-electron chi connectivity index (χ3n) is 5.60. The second kappa shape index (κ2) is 8.61. The predicted molar refractivity (Wildman–Crippen MR) is 118 cm³/mol. The first-order chi connectivity index (χ1) is 14.6. The van der Waals surface area contributed by atoms with Crippen LogP contribution in [0, 0.1) is 0 Å². The van der Waals surface area contributed by atoms with Gasteiger partial charge in [0.25, 0.3) is 11.8 Å². The highest BCUT2D eigenvalue weighted by molar-refractivity contribution is 6.37. The van der Waals surface area contributed by atoms with Crippen molar-refractivity contribution in [1.82, 2.24) is 4.90 Å². The van der Waals surface area contributed by atoms with Crippen LogP contribution in [-0.2, 0) is 9.59 Å². The minimum atomic E-state index is -0.300. The maximum absolute atomic E-state index is 13.1. The van der Waals surface area contributed by atoms with Gasteiger partial charge in [0.1, 0.15) is 11.4 Å². The summed E-state index contributed by atoms with van der Waals surface area (Å²) in [6.07, 6.45) is 3.15. The predicted octanol–water partition coefficient (Wildman–Crippen LogP) is 3.90. The summed E-state index contributed by atoms with van der Waals surface area (Å²) >= 11 is 0. The molecule has 0 saturated carbocycles. The normalized spacial score (nSPS) is 16.6. The molecular weight excluding hydrogens is 378 g/mol. The summed E-state index contributed by atoms with van der Waals surface area (Å²) in [5.41, 5.74) is 3.23. The molecule has 2 amide bonds. The number of ether oxygens (including phenoxy) is 1. The number of para-hydroxylation sites is 1. The van der Waals surface area contributed by atoms with Crippen molar-refractivity contribution in [3.63, 3.8) is 0 Å². The van der Waals surface area contributed by atoms with Gasteiger partial charge >= 0.3 is 0 Å². The SMILES string of the molecule is CCCN1C(=O)C(Nc2ccc(N3CCCC3)cc2)=C(c2ccccc2OC)C1=O. The second-order valence-corrected chi connectivity index (χ2v) is 7.58. The van der Waals surface area contributed by atoms with Gasteiger partial charge in [-0.2, -0.15) is 0 Å². The molecule has 0 aliphatic carbocycles. The summed E-state index contributed by atoms with van der Waals surface area (Å²) in [5, 5.41) is 3.22. The van der Waals surface area contributed by atoms with E-state index in [1.807, 2.05) is 37.3 Å². The van der Waals surface area contributed by atoms with Gasteiger partial charge in [-0.15, -0.1) is 0 Å². The first-order valence-electron chi connectivity index (χ1n) is 10.5. The van der Waals surface area contributed by atoms with Crippen LogP contribution in [0.25, 0.3) is 5.57 Å². The minimum absolute atomic E-state index is 0.289. The Morgan fingerprint density at radius 3 is 2.33 bits per heavy atom. The number of carbonyl (C=O) groups excluding carboxylic acids is 2. The van der Waals surface area contributed by atoms with Gasteiger partial charge in [0.15, 0.2) is 0 Å². The topological polar surface area (TPSA) is 61.9 Å². The van der Waals surface area contributed by atoms with E-state index in [1.54, 1.807) is 13.2 Å². The largest absolute Gasteiger partial charge is 0.496 e. The summed E-state index contributed by atoms with van der Waals surface area (Å²) in [6.45, 7) is 4.49. The zero-order valence-electron chi connectivity index (χ0n) is 17.5. The lowest BCUT2D eigenvalue weighted by molar-refractivity contribution is -0.136. The maximum atomic E-state index is 13.1. The van der Waals surface area contributed by atoms with E-state index in [1.165, 1.54) is 23.4 Å². The van der Waals surface area contributed by atoms with Crippen molar-refractivity contribution in [3.8, 4) is 5.75 Å². The molecule has 2 aromatic rings. The van der Waals surface area contributed by atoms with Crippen LogP contribution in [0.5, 0.6) is 5.75 Å². The average Bonchev–Trinajstić information content (AvgIpc) is 3.38. The molecule has 1 fully saturated rings. The van der Waals surface area contributed by atoms with Gasteiger partial charge in [-0.25, -0.2) is 0 Å². The Balaban J connectivity index is 1.70. The monoisotopic (exact) mass is 405 g/mol. The Morgan fingerprint density at radius 2 is 1.67 bits per heavy atom. The number of hydrogen-bond donors (Lipinski definition) is 1. The fourth-order valence-corrected chi connectivity index (χ4v) is 4.09. The van der Waals surface area contributed by atoms with Crippen LogP contribution in [0.2, 0.25) is 0 Å². The van der Waals surface area contributed by atoms with Crippen molar-refractivity contribution >= 4 is 28.8 Å². The number of hydrogen-bond acceptors (Lipinski definition) is 5. The molecule has 2 aromatic carbocycles. The zero-order valence-corrected chi connectivity index (χ0v) is 17.5. The molecule has 1 saturated heterocycles. The summed E-state index contributed by atoms with van der Waals surface area (Å²) in [7, 11) is 1.56. The van der Waals surface area contributed by atoms with Crippen LogP contribution in [0.1, 0.15) is 31.7 Å². The Hall–Kier alpha value is -3.28. The third kappa shape index (κ3) is 3.65. The Kier molecular flexibility index (Phi) is 5.74. The standard InChI is InChI=1S/C24H27N3O3/c1-3-14-27-23(28)21(19-8-4-5-9-20(19)30-2)22(24(27)29)25-17-10-12-18(13-11-17)26-15-6-7-16-26/h4-5,8-13,25H,3,6-7,14-16H2,1-2H3. The van der Waals surface area contributed by atoms with Crippen molar-refractivity contribution in [2.24, 2.45) is 0 Å². The first kappa shape index (κ1) is 20.0. The lowest BCUT2D eigenvalue weighted by Crippen LogP contribution is -2.33. The molecule has 1 N–H and O–H groups in total. The molecule has 0 radical (unpaired) electrons. The molecule has 0 spiro atoms. The number of nitrogens with one attached hydrogen (secondary N) is 1. The van der Waals surface area contributed by atoms with E-state index in [2.05, 4.69) is 22.3 Å². The van der Waals surface area contributed by atoms with E-state index >= 15 is 0 Å². The molecule has 2 heterocycles. The van der Waals surface area contributed by atoms with Gasteiger partial charge in [-0.3, -0.25) is 14.5 Å². The van der Waals surface area contributed by atoms with Gasteiger partial charge in [-0.1, -0.05) is 25.1 Å². The quantitative estimate of drug-likeness (QED) is 0.708. The van der Waals surface area contributed by atoms with Crippen molar-refractivity contribution in [2.45, 2.75) is 26.2 Å². The zero-order chi connectivity index (χ0) is 21.1. The maximum Gasteiger partial charge on any atom is 0.278 e. The Bertz CT molecular complexity index is 975. The van der Waals surface area contributed by atoms with Crippen LogP contribution in [0.3, 0.4) is 0 Å². The number of nitrogens with zero attached hydrogens (tertiary/aromatic N) is 2. The summed E-state index contributed by atoms with van der Waals surface area (Å²) < 4.78 is 5.46. The highest BCUT2D eigenvalue weighted by Gasteiger charge is 2.39. The number of benzene rings is 2. The van der Waals surface area contributed by atoms with Crippen molar-refractivity contribution < 1.29 is 14.3 Å². The lowest BCUT2D eigenvalue weighted by Gasteiger charge is -2.18. The number of rotatable bonds is 7. The number of methoxy groups -OCH3 is 1. The van der Waals surface area contributed by atoms with Crippen molar-refractivity contribution in [2.75, 3.05) is 37.0 Å². The number of amides is 2. The minimum Gasteiger partial charge on any atom is -0.496 e. The molecule has 2 aliphatic rings. The van der Waals surface area contributed by atoms with Gasteiger partial charge < -0.3 is 15.0 Å². The number of anilines is 2. The molecule has 156 valence electrons. The van der Waals surface area contributed by atoms with Crippen LogP contribution in [0.4, 0.5) is 11.4 Å². The van der Waals surface area contributed by atoms with E-state index in [9.17, 15) is 9.59 Å². The van der Waals surface area contributed by atoms with Crippen LogP contribution in [0.15, 0.2) is 54.2 Å². The summed E-state index contributed by atoms with van der Waals surface area (Å²) in [6, 6.07) is 15.3. The van der Waals surface area contributed by atoms with Gasteiger partial charge in [0.2, 0.25) is 0 Å². The van der Waals surface area contributed by atoms with E-state index in [0.717, 1.165) is 18.8 Å². The highest BCUT2D eigenvalue weighted by atomic mass is 16.5. The van der Waals surface area contributed by atoms with Crippen molar-refractivity contribution in [3.05, 3.63) is 59.8 Å². The molecule has 6 heteroatoms. The average molecular weight is 405 g/mol. The molecule has 6 nitrogen and oxygen atoms in total. The van der Waals surface area contributed by atoms with Gasteiger partial charge in [0, 0.05) is 36.6 Å². The van der Waals surface area contributed by atoms with E-state index in [-0.39, 0.29) is 11.8 Å². The van der Waals surface area contributed by atoms with E-state index in [0.29, 0.717) is 35.5 Å². The number of imide groups is 1. The molecule has 0 aromatic heterocycles. The summed E-state index contributed by atoms with van der Waals surface area (Å²) in [5.74, 6) is -0.0235. The van der Waals surface area contributed by atoms with E-state index < -0.39 is 0 Å². The Morgan fingerprint density at radius 1 is 0.967 bits per heavy atom. The van der Waals surface area contributed by atoms with Crippen molar-refractivity contribution in [1.29, 1.82) is 0 Å².